The Kier molecular flexibility index (Phi) is 5.25. The van der Waals surface area contributed by atoms with Crippen molar-refractivity contribution >= 4 is 55.5 Å². The number of amides is 1. The van der Waals surface area contributed by atoms with Crippen LogP contribution >= 0.6 is 27.3 Å². The molecule has 0 radical (unpaired) electrons. The van der Waals surface area contributed by atoms with Crippen molar-refractivity contribution < 1.29 is 14.7 Å². The summed E-state index contributed by atoms with van der Waals surface area (Å²) in [6, 6.07) is 9.20. The SMILES string of the molecule is CC(=NOCC(=O)N=Nc1c(O)[nH]c2ccc(Br)cc12)c1cccs1. The van der Waals surface area contributed by atoms with E-state index in [0.717, 1.165) is 9.35 Å². The number of fused-ring (bicyclic) bond motifs is 1. The number of rotatable bonds is 5. The lowest BCUT2D eigenvalue weighted by molar-refractivity contribution is -0.122. The molecule has 7 nitrogen and oxygen atoms in total. The van der Waals surface area contributed by atoms with Crippen LogP contribution in [0.15, 0.2) is 55.6 Å². The summed E-state index contributed by atoms with van der Waals surface area (Å²) in [5.74, 6) is -0.761. The highest BCUT2D eigenvalue weighted by molar-refractivity contribution is 9.10. The molecule has 2 N–H and O–H groups in total. The molecule has 0 aliphatic rings. The molecule has 1 aromatic carbocycles. The lowest BCUT2D eigenvalue weighted by Crippen LogP contribution is -2.03. The van der Waals surface area contributed by atoms with Gasteiger partial charge in [0.25, 0.3) is 0 Å². The number of benzene rings is 1. The van der Waals surface area contributed by atoms with Crippen LogP contribution in [0, 0.1) is 0 Å². The van der Waals surface area contributed by atoms with Crippen LogP contribution in [-0.4, -0.2) is 28.3 Å². The zero-order chi connectivity index (χ0) is 17.8. The standard InChI is InChI=1S/C16H13BrN4O3S/c1-9(13-3-2-6-25-13)21-24-8-14(22)19-20-15-11-7-10(17)4-5-12(11)18-16(15)23/h2-7,18,23H,8H2,1H3. The molecule has 0 fully saturated rings. The van der Waals surface area contributed by atoms with Crippen LogP contribution in [0.1, 0.15) is 11.8 Å². The number of aromatic hydroxyl groups is 1. The molecule has 1 amide bonds. The fourth-order valence-corrected chi connectivity index (χ4v) is 3.12. The van der Waals surface area contributed by atoms with E-state index in [9.17, 15) is 9.90 Å². The minimum Gasteiger partial charge on any atom is -0.493 e. The van der Waals surface area contributed by atoms with Gasteiger partial charge >= 0.3 is 5.91 Å². The van der Waals surface area contributed by atoms with Crippen LogP contribution in [0.5, 0.6) is 5.88 Å². The van der Waals surface area contributed by atoms with Crippen LogP contribution in [-0.2, 0) is 9.63 Å². The maximum Gasteiger partial charge on any atom is 0.304 e. The zero-order valence-corrected chi connectivity index (χ0v) is 15.5. The molecule has 0 aliphatic heterocycles. The first-order chi connectivity index (χ1) is 12.0. The van der Waals surface area contributed by atoms with Crippen molar-refractivity contribution in [1.82, 2.24) is 4.98 Å². The molecule has 0 saturated carbocycles. The van der Waals surface area contributed by atoms with Crippen molar-refractivity contribution in [2.75, 3.05) is 6.61 Å². The third kappa shape index (κ3) is 4.12. The molecule has 0 unspecified atom stereocenters. The Balaban J connectivity index is 1.66. The molecule has 9 heteroatoms. The number of carbonyl (C=O) groups excluding carboxylic acids is 1. The number of carbonyl (C=O) groups is 1. The Morgan fingerprint density at radius 3 is 3.00 bits per heavy atom. The number of azo groups is 1. The van der Waals surface area contributed by atoms with Gasteiger partial charge < -0.3 is 14.9 Å². The van der Waals surface area contributed by atoms with Gasteiger partial charge in [-0.25, -0.2) is 0 Å². The molecule has 2 aromatic heterocycles. The number of aromatic nitrogens is 1. The maximum atomic E-state index is 11.8. The quantitative estimate of drug-likeness (QED) is 0.353. The monoisotopic (exact) mass is 420 g/mol. The molecule has 0 aliphatic carbocycles. The minimum atomic E-state index is -0.605. The van der Waals surface area contributed by atoms with Crippen LogP contribution < -0.4 is 0 Å². The smallest absolute Gasteiger partial charge is 0.304 e. The molecular weight excluding hydrogens is 408 g/mol. The molecule has 0 spiro atoms. The number of H-pyrrole nitrogens is 1. The number of aromatic amines is 1. The Hall–Kier alpha value is -2.52. The van der Waals surface area contributed by atoms with Gasteiger partial charge in [0.15, 0.2) is 12.3 Å². The van der Waals surface area contributed by atoms with E-state index in [1.807, 2.05) is 23.6 Å². The van der Waals surface area contributed by atoms with E-state index in [1.165, 1.54) is 11.3 Å². The van der Waals surface area contributed by atoms with E-state index in [1.54, 1.807) is 19.1 Å². The topological polar surface area (TPSA) is 99.4 Å². The molecule has 25 heavy (non-hydrogen) atoms. The van der Waals surface area contributed by atoms with E-state index < -0.39 is 5.91 Å². The lowest BCUT2D eigenvalue weighted by atomic mass is 10.2. The highest BCUT2D eigenvalue weighted by Gasteiger charge is 2.11. The second-order valence-electron chi connectivity index (χ2n) is 5.03. The van der Waals surface area contributed by atoms with E-state index in [4.69, 9.17) is 4.84 Å². The summed E-state index contributed by atoms with van der Waals surface area (Å²) in [7, 11) is 0. The first kappa shape index (κ1) is 17.3. The first-order valence-corrected chi connectivity index (χ1v) is 8.87. The van der Waals surface area contributed by atoms with Crippen molar-refractivity contribution in [1.29, 1.82) is 0 Å². The normalized spacial score (nSPS) is 12.2. The van der Waals surface area contributed by atoms with Gasteiger partial charge in [0, 0.05) is 9.86 Å². The average Bonchev–Trinajstić information content (AvgIpc) is 3.20. The summed E-state index contributed by atoms with van der Waals surface area (Å²) in [6.45, 7) is 1.46. The Morgan fingerprint density at radius 2 is 2.24 bits per heavy atom. The van der Waals surface area contributed by atoms with E-state index in [2.05, 4.69) is 36.3 Å². The summed E-state index contributed by atoms with van der Waals surface area (Å²) in [4.78, 5) is 20.5. The highest BCUT2D eigenvalue weighted by atomic mass is 79.9. The van der Waals surface area contributed by atoms with E-state index in [0.29, 0.717) is 16.6 Å². The summed E-state index contributed by atoms with van der Waals surface area (Å²) in [5.41, 5.74) is 1.57. The predicted molar refractivity (Wildman–Crippen MR) is 99.7 cm³/mol. The molecule has 2 heterocycles. The third-order valence-corrected chi connectivity index (χ3v) is 4.71. The fourth-order valence-electron chi connectivity index (χ4n) is 2.09. The van der Waals surface area contributed by atoms with Crippen LogP contribution in [0.4, 0.5) is 5.69 Å². The molecule has 0 bridgehead atoms. The van der Waals surface area contributed by atoms with Crippen molar-refractivity contribution in [3.63, 3.8) is 0 Å². The summed E-state index contributed by atoms with van der Waals surface area (Å²) in [6.07, 6.45) is 0. The average molecular weight is 421 g/mol. The lowest BCUT2D eigenvalue weighted by Gasteiger charge is -1.97. The fraction of sp³-hybridized carbons (Fsp3) is 0.125. The number of nitrogens with zero attached hydrogens (tertiary/aromatic N) is 3. The molecule has 0 atom stereocenters. The molecule has 3 rings (SSSR count). The van der Waals surface area contributed by atoms with Gasteiger partial charge in [0.05, 0.1) is 16.1 Å². The highest BCUT2D eigenvalue weighted by Crippen LogP contribution is 2.36. The number of hydrogen-bond donors (Lipinski definition) is 2. The summed E-state index contributed by atoms with van der Waals surface area (Å²) < 4.78 is 0.823. The van der Waals surface area contributed by atoms with Crippen LogP contribution in [0.3, 0.4) is 0 Å². The molecule has 128 valence electrons. The Bertz CT molecular complexity index is 963. The van der Waals surface area contributed by atoms with E-state index in [-0.39, 0.29) is 18.2 Å². The van der Waals surface area contributed by atoms with Gasteiger partial charge in [0.2, 0.25) is 5.88 Å². The van der Waals surface area contributed by atoms with Gasteiger partial charge in [0.1, 0.15) is 0 Å². The van der Waals surface area contributed by atoms with Gasteiger partial charge in [-0.15, -0.1) is 21.6 Å². The van der Waals surface area contributed by atoms with E-state index >= 15 is 0 Å². The predicted octanol–water partition coefficient (Wildman–Crippen LogP) is 4.75. The second-order valence-corrected chi connectivity index (χ2v) is 6.90. The number of hydrogen-bond acceptors (Lipinski definition) is 6. The van der Waals surface area contributed by atoms with Crippen LogP contribution in [0.2, 0.25) is 0 Å². The number of nitrogens with one attached hydrogen (secondary N) is 1. The molecule has 0 saturated heterocycles. The number of thiophene rings is 1. The summed E-state index contributed by atoms with van der Waals surface area (Å²) >= 11 is 4.88. The first-order valence-electron chi connectivity index (χ1n) is 7.20. The zero-order valence-electron chi connectivity index (χ0n) is 13.1. The van der Waals surface area contributed by atoms with Crippen LogP contribution in [0.25, 0.3) is 10.9 Å². The van der Waals surface area contributed by atoms with Gasteiger partial charge in [-0.05, 0) is 36.6 Å². The third-order valence-electron chi connectivity index (χ3n) is 3.24. The van der Waals surface area contributed by atoms with Crippen molar-refractivity contribution in [2.45, 2.75) is 6.92 Å². The van der Waals surface area contributed by atoms with Crippen molar-refractivity contribution in [2.24, 2.45) is 15.4 Å². The maximum absolute atomic E-state index is 11.8. The minimum absolute atomic E-state index is 0.155. The molecule has 3 aromatic rings. The van der Waals surface area contributed by atoms with Crippen molar-refractivity contribution in [3.8, 4) is 5.88 Å². The van der Waals surface area contributed by atoms with Gasteiger partial charge in [-0.3, -0.25) is 4.79 Å². The van der Waals surface area contributed by atoms with Crippen molar-refractivity contribution in [3.05, 3.63) is 45.1 Å². The Labute approximate surface area is 155 Å². The second kappa shape index (κ2) is 7.58. The van der Waals surface area contributed by atoms with Gasteiger partial charge in [-0.1, -0.05) is 27.2 Å². The summed E-state index contributed by atoms with van der Waals surface area (Å²) in [5, 5.41) is 23.8. The Morgan fingerprint density at radius 1 is 1.40 bits per heavy atom. The number of oxime groups is 1. The molecular formula is C16H13BrN4O3S. The largest absolute Gasteiger partial charge is 0.493 e. The van der Waals surface area contributed by atoms with Gasteiger partial charge in [-0.2, -0.15) is 0 Å². The number of halogens is 1.